The Bertz CT molecular complexity index is 610. The summed E-state index contributed by atoms with van der Waals surface area (Å²) in [5.74, 6) is 0. The first-order valence-electron chi connectivity index (χ1n) is 10.3. The van der Waals surface area contributed by atoms with Crippen LogP contribution in [0.5, 0.6) is 0 Å². The molecule has 188 valence electrons. The first-order valence-corrected chi connectivity index (χ1v) is 10.3. The molecule has 0 spiro atoms. The number of hydrogen-bond acceptors (Lipinski definition) is 14. The van der Waals surface area contributed by atoms with Crippen molar-refractivity contribution in [2.75, 3.05) is 6.61 Å². The van der Waals surface area contributed by atoms with Crippen molar-refractivity contribution in [1.82, 2.24) is 0 Å². The minimum atomic E-state index is -1.75. The molecule has 15 atom stereocenters. The van der Waals surface area contributed by atoms with Gasteiger partial charge in [0.2, 0.25) is 0 Å². The number of ether oxygens (including phenoxy) is 5. The molecule has 0 amide bonds. The molecule has 0 aliphatic carbocycles. The largest absolute Gasteiger partial charge is 0.388 e. The maximum absolute atomic E-state index is 10.2. The zero-order valence-corrected chi connectivity index (χ0v) is 17.4. The van der Waals surface area contributed by atoms with E-state index >= 15 is 0 Å². The van der Waals surface area contributed by atoms with E-state index in [-0.39, 0.29) is 0 Å². The highest BCUT2D eigenvalue weighted by Crippen LogP contribution is 2.29. The Morgan fingerprint density at radius 2 is 1.16 bits per heavy atom. The summed E-state index contributed by atoms with van der Waals surface area (Å²) in [6.45, 7) is 2.41. The zero-order chi connectivity index (χ0) is 23.9. The van der Waals surface area contributed by atoms with E-state index < -0.39 is 98.7 Å². The summed E-state index contributed by atoms with van der Waals surface area (Å²) in [5, 5.41) is 89.8. The van der Waals surface area contributed by atoms with Crippen LogP contribution in [0, 0.1) is 0 Å². The van der Waals surface area contributed by atoms with Crippen LogP contribution >= 0.6 is 0 Å². The smallest absolute Gasteiger partial charge is 0.187 e. The average molecular weight is 472 g/mol. The lowest BCUT2D eigenvalue weighted by Crippen LogP contribution is -2.64. The fourth-order valence-electron chi connectivity index (χ4n) is 3.87. The van der Waals surface area contributed by atoms with Crippen molar-refractivity contribution in [2.24, 2.45) is 0 Å². The number of aliphatic hydroxyl groups is 9. The summed E-state index contributed by atoms with van der Waals surface area (Å²) in [6.07, 6.45) is -21.9. The van der Waals surface area contributed by atoms with Crippen LogP contribution in [0.2, 0.25) is 0 Å². The molecule has 3 fully saturated rings. The summed E-state index contributed by atoms with van der Waals surface area (Å²) < 4.78 is 26.7. The van der Waals surface area contributed by atoms with Gasteiger partial charge in [0.05, 0.1) is 18.8 Å². The second-order valence-electron chi connectivity index (χ2n) is 8.34. The predicted molar refractivity (Wildman–Crippen MR) is 98.4 cm³/mol. The molecular weight excluding hydrogens is 440 g/mol. The molecule has 0 aromatic carbocycles. The third kappa shape index (κ3) is 5.08. The van der Waals surface area contributed by atoms with E-state index in [1.165, 1.54) is 13.8 Å². The molecular formula is C18H32O14. The van der Waals surface area contributed by atoms with Gasteiger partial charge in [0.15, 0.2) is 18.9 Å². The molecule has 0 aromatic heterocycles. The van der Waals surface area contributed by atoms with Crippen LogP contribution in [0.3, 0.4) is 0 Å². The number of aliphatic hydroxyl groups excluding tert-OH is 9. The molecule has 0 aromatic rings. The Hall–Kier alpha value is -0.560. The summed E-state index contributed by atoms with van der Waals surface area (Å²) in [6, 6.07) is 0. The Balaban J connectivity index is 1.64. The monoisotopic (exact) mass is 472 g/mol. The highest BCUT2D eigenvalue weighted by molar-refractivity contribution is 4.93. The zero-order valence-electron chi connectivity index (χ0n) is 17.4. The maximum atomic E-state index is 10.2. The van der Waals surface area contributed by atoms with Crippen LogP contribution in [-0.4, -0.2) is 145 Å². The van der Waals surface area contributed by atoms with Gasteiger partial charge in [-0.2, -0.15) is 0 Å². The molecule has 3 aliphatic heterocycles. The molecule has 0 radical (unpaired) electrons. The third-order valence-corrected chi connectivity index (χ3v) is 5.99. The highest BCUT2D eigenvalue weighted by atomic mass is 16.7. The molecule has 3 heterocycles. The van der Waals surface area contributed by atoms with Crippen molar-refractivity contribution < 1.29 is 69.6 Å². The van der Waals surface area contributed by atoms with Crippen LogP contribution in [0.1, 0.15) is 13.8 Å². The van der Waals surface area contributed by atoms with Gasteiger partial charge in [0.1, 0.15) is 61.0 Å². The van der Waals surface area contributed by atoms with Crippen molar-refractivity contribution in [3.8, 4) is 0 Å². The first-order chi connectivity index (χ1) is 14.9. The SMILES string of the molecule is C[C@@H]1O[C@@H](OC[C@H]2O[C@@H](O[C@@H]3[C@@H](O)[C@@H](O)[C@@H](O)O[C@H]3C)[C@H](O)[C@@H](O)[C@H]2O)[C@H](O)[C@H](O)[C@H]1O. The first kappa shape index (κ1) is 26.1. The van der Waals surface area contributed by atoms with Crippen LogP contribution in [-0.2, 0) is 23.7 Å². The lowest BCUT2D eigenvalue weighted by molar-refractivity contribution is -0.358. The highest BCUT2D eigenvalue weighted by Gasteiger charge is 2.50. The van der Waals surface area contributed by atoms with Gasteiger partial charge < -0.3 is 69.6 Å². The van der Waals surface area contributed by atoms with Crippen molar-refractivity contribution in [3.05, 3.63) is 0 Å². The van der Waals surface area contributed by atoms with Crippen LogP contribution in [0.4, 0.5) is 0 Å². The fourth-order valence-corrected chi connectivity index (χ4v) is 3.87. The molecule has 3 aliphatic rings. The van der Waals surface area contributed by atoms with E-state index in [9.17, 15) is 46.0 Å². The van der Waals surface area contributed by atoms with Crippen molar-refractivity contribution >= 4 is 0 Å². The van der Waals surface area contributed by atoms with Crippen molar-refractivity contribution in [1.29, 1.82) is 0 Å². The van der Waals surface area contributed by atoms with E-state index in [1.54, 1.807) is 0 Å². The van der Waals surface area contributed by atoms with Gasteiger partial charge in [0.25, 0.3) is 0 Å². The molecule has 0 unspecified atom stereocenters. The lowest BCUT2D eigenvalue weighted by Gasteiger charge is -2.45. The molecule has 14 nitrogen and oxygen atoms in total. The molecule has 3 saturated heterocycles. The Morgan fingerprint density at radius 3 is 1.81 bits per heavy atom. The number of rotatable bonds is 5. The Labute approximate surface area is 183 Å². The molecule has 32 heavy (non-hydrogen) atoms. The minimum Gasteiger partial charge on any atom is -0.388 e. The minimum absolute atomic E-state index is 0.483. The maximum Gasteiger partial charge on any atom is 0.187 e. The normalized spacial score (nSPS) is 55.0. The van der Waals surface area contributed by atoms with E-state index in [0.29, 0.717) is 0 Å². The topological polar surface area (TPSA) is 228 Å². The van der Waals surface area contributed by atoms with E-state index in [4.69, 9.17) is 23.7 Å². The number of hydrogen-bond donors (Lipinski definition) is 9. The predicted octanol–water partition coefficient (Wildman–Crippen LogP) is -5.52. The quantitative estimate of drug-likeness (QED) is 0.182. The van der Waals surface area contributed by atoms with Gasteiger partial charge >= 0.3 is 0 Å². The van der Waals surface area contributed by atoms with Crippen LogP contribution in [0.25, 0.3) is 0 Å². The summed E-state index contributed by atoms with van der Waals surface area (Å²) in [7, 11) is 0. The van der Waals surface area contributed by atoms with Gasteiger partial charge in [-0.05, 0) is 13.8 Å². The van der Waals surface area contributed by atoms with Gasteiger partial charge in [-0.3, -0.25) is 0 Å². The van der Waals surface area contributed by atoms with Gasteiger partial charge in [0, 0.05) is 0 Å². The third-order valence-electron chi connectivity index (χ3n) is 5.99. The van der Waals surface area contributed by atoms with Gasteiger partial charge in [-0.1, -0.05) is 0 Å². The fraction of sp³-hybridized carbons (Fsp3) is 1.00. The van der Waals surface area contributed by atoms with E-state index in [0.717, 1.165) is 0 Å². The summed E-state index contributed by atoms with van der Waals surface area (Å²) >= 11 is 0. The molecule has 0 saturated carbocycles. The van der Waals surface area contributed by atoms with Gasteiger partial charge in [-0.15, -0.1) is 0 Å². The van der Waals surface area contributed by atoms with E-state index in [1.807, 2.05) is 0 Å². The standard InChI is InChI=1S/C18H32O14/c1-4-7(19)9(21)13(25)17(30-4)28-3-6-8(20)10(22)14(26)18(31-6)32-15-5(2)29-16(27)12(24)11(15)23/h4-27H,3H2,1-2H3/t4-,5-,6+,7-,8-,9+,10-,11-,12+,13+,14+,15-,16-,17+,18-/m0/s1. The van der Waals surface area contributed by atoms with E-state index in [2.05, 4.69) is 0 Å². The second-order valence-corrected chi connectivity index (χ2v) is 8.34. The average Bonchev–Trinajstić information content (AvgIpc) is 2.75. The summed E-state index contributed by atoms with van der Waals surface area (Å²) in [5.41, 5.74) is 0. The van der Waals surface area contributed by atoms with Gasteiger partial charge in [-0.25, -0.2) is 0 Å². The Morgan fingerprint density at radius 1 is 0.562 bits per heavy atom. The molecule has 0 bridgehead atoms. The lowest BCUT2D eigenvalue weighted by atomic mass is 9.97. The molecule has 14 heteroatoms. The van der Waals surface area contributed by atoms with Crippen molar-refractivity contribution in [2.45, 2.75) is 106 Å². The van der Waals surface area contributed by atoms with Crippen LogP contribution in [0.15, 0.2) is 0 Å². The summed E-state index contributed by atoms with van der Waals surface area (Å²) in [4.78, 5) is 0. The molecule has 3 rings (SSSR count). The van der Waals surface area contributed by atoms with Crippen LogP contribution < -0.4 is 0 Å². The molecule has 9 N–H and O–H groups in total. The van der Waals surface area contributed by atoms with Crippen molar-refractivity contribution in [3.63, 3.8) is 0 Å². The second kappa shape index (κ2) is 10.4. The Kier molecular flexibility index (Phi) is 8.44.